The standard InChI is InChI=1S/C32H37FN6O4/c33-23-4-6-26-28(19-23)43-35-30(26)38-16-14-37(15-17-38)24-9-12-36(13-10-24)11-1-2-21-3-5-25-22(18-21)20-39(32(25)42)27-7-8-29(40)34-31(27)41/h3-6,18-19,24,27H,1-2,7-17,20H2,(H,34,40,41). The van der Waals surface area contributed by atoms with E-state index in [9.17, 15) is 18.8 Å². The summed E-state index contributed by atoms with van der Waals surface area (Å²) in [5.41, 5.74) is 3.35. The van der Waals surface area contributed by atoms with Crippen molar-refractivity contribution in [2.45, 2.75) is 57.2 Å². The van der Waals surface area contributed by atoms with Crippen molar-refractivity contribution in [3.63, 3.8) is 0 Å². The summed E-state index contributed by atoms with van der Waals surface area (Å²) < 4.78 is 18.9. The molecule has 3 saturated heterocycles. The molecule has 0 aliphatic carbocycles. The molecule has 2 aromatic carbocycles. The molecule has 0 radical (unpaired) electrons. The van der Waals surface area contributed by atoms with E-state index in [0.29, 0.717) is 30.2 Å². The second-order valence-electron chi connectivity index (χ2n) is 12.2. The third-order valence-corrected chi connectivity index (χ3v) is 9.63. The van der Waals surface area contributed by atoms with Crippen LogP contribution in [-0.2, 0) is 22.6 Å². The zero-order valence-corrected chi connectivity index (χ0v) is 24.3. The van der Waals surface area contributed by atoms with Crippen LogP contribution in [0, 0.1) is 5.82 Å². The topological polar surface area (TPSA) is 102 Å². The lowest BCUT2D eigenvalue weighted by atomic mass is 10.0. The van der Waals surface area contributed by atoms with Crippen LogP contribution in [0.25, 0.3) is 11.0 Å². The molecule has 3 aromatic rings. The largest absolute Gasteiger partial charge is 0.354 e. The third kappa shape index (κ3) is 5.63. The van der Waals surface area contributed by atoms with Crippen molar-refractivity contribution in [1.82, 2.24) is 25.2 Å². The Morgan fingerprint density at radius 1 is 0.953 bits per heavy atom. The molecule has 3 amide bonds. The number of benzene rings is 2. The smallest absolute Gasteiger partial charge is 0.255 e. The predicted molar refractivity (Wildman–Crippen MR) is 158 cm³/mol. The van der Waals surface area contributed by atoms with Gasteiger partial charge in [0.05, 0.1) is 5.39 Å². The van der Waals surface area contributed by atoms with Gasteiger partial charge in [-0.25, -0.2) is 4.39 Å². The van der Waals surface area contributed by atoms with Crippen LogP contribution >= 0.6 is 0 Å². The van der Waals surface area contributed by atoms with E-state index in [2.05, 4.69) is 31.2 Å². The average molecular weight is 589 g/mol. The number of amides is 3. The van der Waals surface area contributed by atoms with E-state index in [1.807, 2.05) is 12.1 Å². The number of fused-ring (bicyclic) bond motifs is 2. The number of hydrogen-bond donors (Lipinski definition) is 1. The number of piperazine rings is 1. The van der Waals surface area contributed by atoms with Crippen LogP contribution in [0.4, 0.5) is 10.2 Å². The summed E-state index contributed by atoms with van der Waals surface area (Å²) in [6.45, 7) is 7.43. The number of aromatic nitrogens is 1. The fourth-order valence-corrected chi connectivity index (χ4v) is 7.22. The van der Waals surface area contributed by atoms with Crippen LogP contribution in [0.5, 0.6) is 0 Å². The van der Waals surface area contributed by atoms with Gasteiger partial charge in [0.2, 0.25) is 11.8 Å². The highest BCUT2D eigenvalue weighted by Crippen LogP contribution is 2.30. The molecule has 43 heavy (non-hydrogen) atoms. The molecular formula is C32H37FN6O4. The number of halogens is 1. The van der Waals surface area contributed by atoms with Crippen LogP contribution in [0.3, 0.4) is 0 Å². The number of likely N-dealkylation sites (tertiary alicyclic amines) is 1. The third-order valence-electron chi connectivity index (χ3n) is 9.63. The first-order valence-corrected chi connectivity index (χ1v) is 15.5. The predicted octanol–water partition coefficient (Wildman–Crippen LogP) is 2.95. The molecule has 226 valence electrons. The maximum absolute atomic E-state index is 13.5. The fraction of sp³-hybridized carbons (Fsp3) is 0.500. The van der Waals surface area contributed by atoms with Gasteiger partial charge in [-0.1, -0.05) is 17.3 Å². The molecule has 0 bridgehead atoms. The number of aryl methyl sites for hydroxylation is 1. The van der Waals surface area contributed by atoms with Crippen molar-refractivity contribution >= 4 is 34.5 Å². The molecule has 0 spiro atoms. The molecule has 1 atom stereocenters. The molecule has 3 fully saturated rings. The highest BCUT2D eigenvalue weighted by Gasteiger charge is 2.39. The summed E-state index contributed by atoms with van der Waals surface area (Å²) >= 11 is 0. The number of carbonyl (C=O) groups is 3. The van der Waals surface area contributed by atoms with Crippen LogP contribution in [0.15, 0.2) is 40.9 Å². The van der Waals surface area contributed by atoms with Crippen molar-refractivity contribution in [3.05, 3.63) is 58.9 Å². The van der Waals surface area contributed by atoms with Crippen LogP contribution < -0.4 is 10.2 Å². The maximum atomic E-state index is 13.5. The number of piperidine rings is 2. The lowest BCUT2D eigenvalue weighted by Gasteiger charge is -2.42. The summed E-state index contributed by atoms with van der Waals surface area (Å²) in [5, 5.41) is 7.45. The number of rotatable bonds is 7. The van der Waals surface area contributed by atoms with E-state index in [-0.39, 0.29) is 30.0 Å². The van der Waals surface area contributed by atoms with Gasteiger partial charge in [-0.15, -0.1) is 0 Å². The summed E-state index contributed by atoms with van der Waals surface area (Å²) in [5.74, 6) is -0.266. The Morgan fingerprint density at radius 3 is 2.56 bits per heavy atom. The molecule has 11 heteroatoms. The summed E-state index contributed by atoms with van der Waals surface area (Å²) in [6.07, 6.45) is 5.00. The Kier molecular flexibility index (Phi) is 7.60. The van der Waals surface area contributed by atoms with Crippen molar-refractivity contribution in [1.29, 1.82) is 0 Å². The maximum Gasteiger partial charge on any atom is 0.255 e. The van der Waals surface area contributed by atoms with Crippen LogP contribution in [-0.4, -0.2) is 95.5 Å². The number of hydrogen-bond acceptors (Lipinski definition) is 8. The molecule has 5 heterocycles. The van der Waals surface area contributed by atoms with Crippen molar-refractivity contribution < 1.29 is 23.3 Å². The van der Waals surface area contributed by atoms with Gasteiger partial charge in [0.1, 0.15) is 11.9 Å². The van der Waals surface area contributed by atoms with Gasteiger partial charge in [0, 0.05) is 56.8 Å². The number of anilines is 1. The minimum absolute atomic E-state index is 0.122. The highest BCUT2D eigenvalue weighted by atomic mass is 19.1. The first kappa shape index (κ1) is 28.0. The molecule has 4 aliphatic heterocycles. The number of imide groups is 1. The fourth-order valence-electron chi connectivity index (χ4n) is 7.22. The summed E-state index contributed by atoms with van der Waals surface area (Å²) in [7, 11) is 0. The van der Waals surface area contributed by atoms with E-state index < -0.39 is 6.04 Å². The van der Waals surface area contributed by atoms with E-state index in [1.54, 1.807) is 11.0 Å². The molecule has 4 aliphatic rings. The van der Waals surface area contributed by atoms with Crippen molar-refractivity contribution in [2.24, 2.45) is 0 Å². The normalized spacial score (nSPS) is 22.4. The zero-order valence-electron chi connectivity index (χ0n) is 24.3. The Balaban J connectivity index is 0.850. The lowest BCUT2D eigenvalue weighted by Crippen LogP contribution is -2.53. The second-order valence-corrected chi connectivity index (χ2v) is 12.2. The summed E-state index contributed by atoms with van der Waals surface area (Å²) in [4.78, 5) is 45.8. The van der Waals surface area contributed by atoms with Gasteiger partial charge in [-0.05, 0) is 81.1 Å². The van der Waals surface area contributed by atoms with E-state index in [1.165, 1.54) is 30.5 Å². The van der Waals surface area contributed by atoms with Crippen LogP contribution in [0.1, 0.15) is 53.6 Å². The van der Waals surface area contributed by atoms with Gasteiger partial charge in [0.25, 0.3) is 5.91 Å². The van der Waals surface area contributed by atoms with Crippen molar-refractivity contribution in [3.8, 4) is 0 Å². The van der Waals surface area contributed by atoms with Crippen LogP contribution in [0.2, 0.25) is 0 Å². The molecule has 1 N–H and O–H groups in total. The minimum atomic E-state index is -0.575. The highest BCUT2D eigenvalue weighted by molar-refractivity contribution is 6.05. The Labute approximate surface area is 249 Å². The first-order valence-electron chi connectivity index (χ1n) is 15.5. The monoisotopic (exact) mass is 588 g/mol. The first-order chi connectivity index (χ1) is 20.9. The van der Waals surface area contributed by atoms with E-state index >= 15 is 0 Å². The zero-order chi connectivity index (χ0) is 29.5. The lowest BCUT2D eigenvalue weighted by molar-refractivity contribution is -0.136. The van der Waals surface area contributed by atoms with Gasteiger partial charge in [-0.2, -0.15) is 0 Å². The van der Waals surface area contributed by atoms with E-state index in [4.69, 9.17) is 4.52 Å². The van der Waals surface area contributed by atoms with Gasteiger partial charge in [-0.3, -0.25) is 24.6 Å². The molecule has 1 aromatic heterocycles. The number of nitrogens with one attached hydrogen (secondary N) is 1. The summed E-state index contributed by atoms with van der Waals surface area (Å²) in [6, 6.07) is 10.7. The minimum Gasteiger partial charge on any atom is -0.354 e. The average Bonchev–Trinajstić information content (AvgIpc) is 3.58. The second kappa shape index (κ2) is 11.7. The van der Waals surface area contributed by atoms with Gasteiger partial charge in [0.15, 0.2) is 11.4 Å². The number of carbonyl (C=O) groups excluding carboxylic acids is 3. The Morgan fingerprint density at radius 2 is 1.77 bits per heavy atom. The Hall–Kier alpha value is -3.83. The number of nitrogens with zero attached hydrogens (tertiary/aromatic N) is 5. The molecule has 0 saturated carbocycles. The van der Waals surface area contributed by atoms with Gasteiger partial charge < -0.3 is 19.2 Å². The van der Waals surface area contributed by atoms with E-state index in [0.717, 1.165) is 75.4 Å². The van der Waals surface area contributed by atoms with Gasteiger partial charge >= 0.3 is 0 Å². The van der Waals surface area contributed by atoms with Crippen molar-refractivity contribution in [2.75, 3.05) is 50.7 Å². The molecule has 10 nitrogen and oxygen atoms in total. The molecule has 7 rings (SSSR count). The quantitative estimate of drug-likeness (QED) is 0.421. The Bertz CT molecular complexity index is 1540. The molecule has 1 unspecified atom stereocenters. The molecular weight excluding hydrogens is 551 g/mol. The SMILES string of the molecule is O=C1CCC(N2Cc3cc(CCCN4CCC(N5CCN(c6noc7cc(F)ccc67)CC5)CC4)ccc3C2=O)C(=O)N1.